The fourth-order valence-electron chi connectivity index (χ4n) is 1.96. The fraction of sp³-hybridized carbons (Fsp3) is 0.429. The Balaban J connectivity index is 1.67. The topological polar surface area (TPSA) is 67.3 Å². The Hall–Kier alpha value is -1.66. The minimum absolute atomic E-state index is 0.122. The van der Waals surface area contributed by atoms with E-state index in [9.17, 15) is 5.11 Å². The third kappa shape index (κ3) is 3.08. The van der Waals surface area contributed by atoms with E-state index in [0.29, 0.717) is 5.75 Å². The van der Waals surface area contributed by atoms with Crippen LogP contribution in [-0.4, -0.2) is 35.0 Å². The van der Waals surface area contributed by atoms with Crippen molar-refractivity contribution < 1.29 is 9.84 Å². The van der Waals surface area contributed by atoms with Crippen LogP contribution in [0.25, 0.3) is 10.6 Å². The van der Waals surface area contributed by atoms with E-state index in [-0.39, 0.29) is 5.75 Å². The molecule has 6 heteroatoms. The van der Waals surface area contributed by atoms with Gasteiger partial charge in [0.25, 0.3) is 0 Å². The average Bonchev–Trinajstić information content (AvgIpc) is 3.15. The fourth-order valence-corrected chi connectivity index (χ4v) is 2.80. The molecule has 3 rings (SSSR count). The summed E-state index contributed by atoms with van der Waals surface area (Å²) in [5.74, 6) is 0.587. The summed E-state index contributed by atoms with van der Waals surface area (Å²) in [6, 6.07) is 6.00. The van der Waals surface area contributed by atoms with E-state index in [4.69, 9.17) is 4.74 Å². The van der Waals surface area contributed by atoms with E-state index in [1.54, 1.807) is 23.5 Å². The maximum Gasteiger partial charge on any atom is 0.160 e. The van der Waals surface area contributed by atoms with Gasteiger partial charge in [0.05, 0.1) is 7.11 Å². The van der Waals surface area contributed by atoms with Crippen molar-refractivity contribution in [3.63, 3.8) is 0 Å². The Labute approximate surface area is 121 Å². The highest BCUT2D eigenvalue weighted by Gasteiger charge is 2.20. The second kappa shape index (κ2) is 5.76. The van der Waals surface area contributed by atoms with Gasteiger partial charge in [0.2, 0.25) is 0 Å². The van der Waals surface area contributed by atoms with Crippen LogP contribution < -0.4 is 10.1 Å². The predicted molar refractivity (Wildman–Crippen MR) is 78.3 cm³/mol. The van der Waals surface area contributed by atoms with Gasteiger partial charge in [-0.25, -0.2) is 0 Å². The lowest BCUT2D eigenvalue weighted by molar-refractivity contribution is 0.373. The van der Waals surface area contributed by atoms with E-state index < -0.39 is 0 Å². The molecule has 2 aromatic rings. The van der Waals surface area contributed by atoms with Crippen LogP contribution in [-0.2, 0) is 6.42 Å². The van der Waals surface area contributed by atoms with Crippen molar-refractivity contribution in [1.29, 1.82) is 0 Å². The van der Waals surface area contributed by atoms with E-state index in [1.807, 2.05) is 6.07 Å². The number of hydrogen-bond acceptors (Lipinski definition) is 6. The van der Waals surface area contributed by atoms with Crippen LogP contribution in [0.2, 0.25) is 0 Å². The molecule has 0 bridgehead atoms. The molecule has 106 valence electrons. The molecule has 1 fully saturated rings. The van der Waals surface area contributed by atoms with Gasteiger partial charge in [-0.3, -0.25) is 0 Å². The van der Waals surface area contributed by atoms with Crippen LogP contribution in [0.3, 0.4) is 0 Å². The molecule has 0 spiro atoms. The van der Waals surface area contributed by atoms with Crippen LogP contribution in [0, 0.1) is 0 Å². The highest BCUT2D eigenvalue weighted by molar-refractivity contribution is 7.14. The normalized spacial score (nSPS) is 14.4. The number of aromatic hydroxyl groups is 1. The first-order valence-electron chi connectivity index (χ1n) is 6.69. The van der Waals surface area contributed by atoms with Gasteiger partial charge in [-0.2, -0.15) is 0 Å². The summed E-state index contributed by atoms with van der Waals surface area (Å²) < 4.78 is 5.03. The second-order valence-corrected chi connectivity index (χ2v) is 5.93. The Kier molecular flexibility index (Phi) is 3.84. The number of ether oxygens (including phenoxy) is 1. The number of benzene rings is 1. The molecule has 1 aliphatic carbocycles. The molecule has 0 radical (unpaired) electrons. The zero-order chi connectivity index (χ0) is 13.9. The number of nitrogens with zero attached hydrogens (tertiary/aromatic N) is 2. The van der Waals surface area contributed by atoms with Crippen LogP contribution >= 0.6 is 11.3 Å². The third-order valence-corrected chi connectivity index (χ3v) is 4.27. The molecule has 1 aromatic heterocycles. The van der Waals surface area contributed by atoms with Gasteiger partial charge in [-0.15, -0.1) is 10.2 Å². The van der Waals surface area contributed by atoms with Gasteiger partial charge in [-0.1, -0.05) is 11.3 Å². The number of nitrogens with one attached hydrogen (secondary N) is 1. The monoisotopic (exact) mass is 291 g/mol. The van der Waals surface area contributed by atoms with E-state index >= 15 is 0 Å². The van der Waals surface area contributed by atoms with Crippen molar-refractivity contribution in [3.05, 3.63) is 23.2 Å². The summed E-state index contributed by atoms with van der Waals surface area (Å²) in [4.78, 5) is 0. The molecule has 1 aliphatic rings. The highest BCUT2D eigenvalue weighted by atomic mass is 32.1. The lowest BCUT2D eigenvalue weighted by Gasteiger charge is -2.03. The number of methoxy groups -OCH3 is 1. The molecule has 1 heterocycles. The molecule has 1 aromatic carbocycles. The van der Waals surface area contributed by atoms with Crippen molar-refractivity contribution in [1.82, 2.24) is 15.5 Å². The number of phenolic OH excluding ortho intramolecular Hbond substituents is 1. The summed E-state index contributed by atoms with van der Waals surface area (Å²) in [7, 11) is 1.53. The van der Waals surface area contributed by atoms with E-state index in [2.05, 4.69) is 15.5 Å². The molecule has 0 saturated heterocycles. The van der Waals surface area contributed by atoms with Gasteiger partial charge >= 0.3 is 0 Å². The van der Waals surface area contributed by atoms with Gasteiger partial charge in [0, 0.05) is 24.6 Å². The number of phenols is 1. The molecule has 0 aliphatic heterocycles. The van der Waals surface area contributed by atoms with Crippen molar-refractivity contribution in [3.8, 4) is 22.1 Å². The summed E-state index contributed by atoms with van der Waals surface area (Å²) >= 11 is 1.57. The first-order chi connectivity index (χ1) is 9.76. The molecule has 0 amide bonds. The maximum atomic E-state index is 9.79. The number of aromatic nitrogens is 2. The van der Waals surface area contributed by atoms with Crippen molar-refractivity contribution in [2.24, 2.45) is 0 Å². The third-order valence-electron chi connectivity index (χ3n) is 3.24. The largest absolute Gasteiger partial charge is 0.504 e. The number of hydrogen-bond donors (Lipinski definition) is 2. The molecule has 5 nitrogen and oxygen atoms in total. The average molecular weight is 291 g/mol. The Morgan fingerprint density at radius 2 is 2.25 bits per heavy atom. The van der Waals surface area contributed by atoms with Crippen LogP contribution in [0.5, 0.6) is 11.5 Å². The highest BCUT2D eigenvalue weighted by Crippen LogP contribution is 2.32. The standard InChI is InChI=1S/C14H17N3O2S/c1-19-12-5-2-9(8-11(12)18)14-17-16-13(20-14)6-7-15-10-3-4-10/h2,5,8,10,15,18H,3-4,6-7H2,1H3. The summed E-state index contributed by atoms with van der Waals surface area (Å²) in [6.07, 6.45) is 3.50. The van der Waals surface area contributed by atoms with Crippen LogP contribution in [0.1, 0.15) is 17.8 Å². The van der Waals surface area contributed by atoms with Crippen LogP contribution in [0.15, 0.2) is 18.2 Å². The van der Waals surface area contributed by atoms with Crippen LogP contribution in [0.4, 0.5) is 0 Å². The van der Waals surface area contributed by atoms with E-state index in [0.717, 1.165) is 34.6 Å². The Morgan fingerprint density at radius 1 is 1.40 bits per heavy atom. The molecular weight excluding hydrogens is 274 g/mol. The van der Waals surface area contributed by atoms with Crippen molar-refractivity contribution >= 4 is 11.3 Å². The first-order valence-corrected chi connectivity index (χ1v) is 7.51. The number of rotatable bonds is 6. The minimum Gasteiger partial charge on any atom is -0.504 e. The van der Waals surface area contributed by atoms with Gasteiger partial charge in [0.1, 0.15) is 10.0 Å². The maximum absolute atomic E-state index is 9.79. The van der Waals surface area contributed by atoms with Crippen molar-refractivity contribution in [2.75, 3.05) is 13.7 Å². The quantitative estimate of drug-likeness (QED) is 0.854. The molecule has 2 N–H and O–H groups in total. The van der Waals surface area contributed by atoms with Gasteiger partial charge < -0.3 is 15.2 Å². The Morgan fingerprint density at radius 3 is 2.95 bits per heavy atom. The molecule has 20 heavy (non-hydrogen) atoms. The minimum atomic E-state index is 0.122. The summed E-state index contributed by atoms with van der Waals surface area (Å²) in [6.45, 7) is 0.952. The zero-order valence-electron chi connectivity index (χ0n) is 11.3. The molecule has 1 saturated carbocycles. The zero-order valence-corrected chi connectivity index (χ0v) is 12.1. The lowest BCUT2D eigenvalue weighted by Crippen LogP contribution is -2.19. The first kappa shape index (κ1) is 13.3. The Bertz CT molecular complexity index is 596. The van der Waals surface area contributed by atoms with Gasteiger partial charge in [0.15, 0.2) is 11.5 Å². The van der Waals surface area contributed by atoms with Gasteiger partial charge in [-0.05, 0) is 31.0 Å². The lowest BCUT2D eigenvalue weighted by atomic mass is 10.2. The molecule has 0 unspecified atom stereocenters. The van der Waals surface area contributed by atoms with E-state index in [1.165, 1.54) is 20.0 Å². The predicted octanol–water partition coefficient (Wildman–Crippen LogP) is 2.21. The summed E-state index contributed by atoms with van der Waals surface area (Å²) in [5.41, 5.74) is 0.863. The molecule has 0 atom stereocenters. The smallest absolute Gasteiger partial charge is 0.160 e. The summed E-state index contributed by atoms with van der Waals surface area (Å²) in [5, 5.41) is 23.5. The van der Waals surface area contributed by atoms with Crippen molar-refractivity contribution in [2.45, 2.75) is 25.3 Å². The second-order valence-electron chi connectivity index (χ2n) is 4.87. The molecular formula is C14H17N3O2S. The SMILES string of the molecule is COc1ccc(-c2nnc(CCNC3CC3)s2)cc1O.